The topological polar surface area (TPSA) is 78.9 Å². The predicted octanol–water partition coefficient (Wildman–Crippen LogP) is 5.45. The average Bonchev–Trinajstić information content (AvgIpc) is 2.89. The predicted molar refractivity (Wildman–Crippen MR) is 134 cm³/mol. The summed E-state index contributed by atoms with van der Waals surface area (Å²) in [6, 6.07) is 24.1. The van der Waals surface area contributed by atoms with Crippen molar-refractivity contribution in [1.29, 1.82) is 0 Å². The number of pyridine rings is 2. The third-order valence-corrected chi connectivity index (χ3v) is 5.74. The Balaban J connectivity index is 1.46. The minimum atomic E-state index is -0.496. The maximum Gasteiger partial charge on any atom is 0.271 e. The molecule has 0 unspecified atom stereocenters. The molecule has 0 atom stereocenters. The van der Waals surface area contributed by atoms with E-state index in [1.807, 2.05) is 60.7 Å². The van der Waals surface area contributed by atoms with Gasteiger partial charge in [-0.2, -0.15) is 5.11 Å². The lowest BCUT2D eigenvalue weighted by molar-refractivity contribution is -0.697. The standard InChI is InChI=1S/C26H25ClN6O2/c27-25-21-24(33(34)35)11-12-26(25)29-28-22-7-9-23(10-8-22)32(19-17-30-13-3-1-4-14-30)20-18-31-15-5-2-6-16-31/h1-16,21H,17-20H2/q+2. The fourth-order valence-electron chi connectivity index (χ4n) is 3.54. The summed E-state index contributed by atoms with van der Waals surface area (Å²) in [5, 5.41) is 19.5. The van der Waals surface area contributed by atoms with Crippen LogP contribution in [0.4, 0.5) is 22.7 Å². The van der Waals surface area contributed by atoms with E-state index in [0.29, 0.717) is 11.4 Å². The first kappa shape index (κ1) is 24.0. The minimum absolute atomic E-state index is 0.0827. The maximum absolute atomic E-state index is 10.9. The number of rotatable bonds is 10. The van der Waals surface area contributed by atoms with Gasteiger partial charge in [0.25, 0.3) is 5.69 Å². The van der Waals surface area contributed by atoms with Crippen molar-refractivity contribution in [1.82, 2.24) is 0 Å². The van der Waals surface area contributed by atoms with Crippen LogP contribution in [0.25, 0.3) is 0 Å². The highest BCUT2D eigenvalue weighted by molar-refractivity contribution is 6.33. The third-order valence-electron chi connectivity index (χ3n) is 5.44. The van der Waals surface area contributed by atoms with Gasteiger partial charge in [0.15, 0.2) is 37.9 Å². The van der Waals surface area contributed by atoms with Crippen molar-refractivity contribution in [2.45, 2.75) is 13.1 Å². The third kappa shape index (κ3) is 6.91. The van der Waals surface area contributed by atoms with Gasteiger partial charge >= 0.3 is 0 Å². The molecule has 2 aromatic carbocycles. The summed E-state index contributed by atoms with van der Waals surface area (Å²) < 4.78 is 4.33. The summed E-state index contributed by atoms with van der Waals surface area (Å²) in [6.07, 6.45) is 8.27. The second kappa shape index (κ2) is 11.8. The Labute approximate surface area is 208 Å². The van der Waals surface area contributed by atoms with E-state index >= 15 is 0 Å². The molecule has 9 heteroatoms. The van der Waals surface area contributed by atoms with Crippen molar-refractivity contribution in [3.8, 4) is 0 Å². The smallest absolute Gasteiger partial charge is 0.271 e. The lowest BCUT2D eigenvalue weighted by atomic mass is 10.2. The number of azo groups is 1. The number of aromatic nitrogens is 2. The number of nitro groups is 1. The molecule has 0 amide bonds. The molecule has 35 heavy (non-hydrogen) atoms. The SMILES string of the molecule is O=[N+]([O-])c1ccc(N=Nc2ccc(N(CC[n+]3ccccc3)CC[n+]3ccccc3)cc2)c(Cl)c1. The normalized spacial score (nSPS) is 11.0. The van der Waals surface area contributed by atoms with Gasteiger partial charge in [-0.1, -0.05) is 23.7 Å². The van der Waals surface area contributed by atoms with Crippen LogP contribution >= 0.6 is 11.6 Å². The highest BCUT2D eigenvalue weighted by atomic mass is 35.5. The molecule has 4 rings (SSSR count). The number of halogens is 1. The molecule has 0 bridgehead atoms. The molecule has 0 radical (unpaired) electrons. The molecule has 2 heterocycles. The average molecular weight is 489 g/mol. The maximum atomic E-state index is 10.9. The van der Waals surface area contributed by atoms with Gasteiger partial charge in [0.2, 0.25) is 0 Å². The monoisotopic (exact) mass is 488 g/mol. The number of hydrogen-bond donors (Lipinski definition) is 0. The van der Waals surface area contributed by atoms with Crippen molar-refractivity contribution in [2.75, 3.05) is 18.0 Å². The number of non-ortho nitro benzene ring substituents is 1. The van der Waals surface area contributed by atoms with E-state index in [1.165, 1.54) is 18.2 Å². The summed E-state index contributed by atoms with van der Waals surface area (Å²) in [7, 11) is 0. The Hall–Kier alpha value is -4.17. The molecule has 8 nitrogen and oxygen atoms in total. The minimum Gasteiger partial charge on any atom is -0.359 e. The Morgan fingerprint density at radius 2 is 1.37 bits per heavy atom. The molecule has 0 N–H and O–H groups in total. The molecule has 0 aliphatic rings. The molecule has 0 saturated carbocycles. The molecule has 4 aromatic rings. The molecule has 0 spiro atoms. The van der Waals surface area contributed by atoms with E-state index in [2.05, 4.69) is 49.0 Å². The Morgan fingerprint density at radius 3 is 1.89 bits per heavy atom. The molecule has 0 aliphatic heterocycles. The number of nitro benzene ring substituents is 1. The molecule has 0 fully saturated rings. The van der Waals surface area contributed by atoms with Crippen molar-refractivity contribution >= 4 is 34.4 Å². The van der Waals surface area contributed by atoms with Crippen LogP contribution in [0.1, 0.15) is 0 Å². The van der Waals surface area contributed by atoms with Gasteiger partial charge in [-0.25, -0.2) is 9.13 Å². The molecule has 0 aliphatic carbocycles. The molecule has 0 saturated heterocycles. The van der Waals surface area contributed by atoms with Crippen LogP contribution in [0.5, 0.6) is 0 Å². The second-order valence-corrected chi connectivity index (χ2v) is 8.23. The first-order valence-corrected chi connectivity index (χ1v) is 11.6. The summed E-state index contributed by atoms with van der Waals surface area (Å²) in [4.78, 5) is 12.7. The fraction of sp³-hybridized carbons (Fsp3) is 0.154. The van der Waals surface area contributed by atoms with Gasteiger partial charge in [0.1, 0.15) is 5.69 Å². The first-order chi connectivity index (χ1) is 17.1. The lowest BCUT2D eigenvalue weighted by Gasteiger charge is -2.22. The zero-order valence-electron chi connectivity index (χ0n) is 19.0. The number of hydrogen-bond acceptors (Lipinski definition) is 5. The molecule has 176 valence electrons. The van der Waals surface area contributed by atoms with Gasteiger partial charge in [-0.3, -0.25) is 10.1 Å². The van der Waals surface area contributed by atoms with Crippen LogP contribution in [-0.2, 0) is 13.1 Å². The summed E-state index contributed by atoms with van der Waals surface area (Å²) >= 11 is 6.11. The lowest BCUT2D eigenvalue weighted by Crippen LogP contribution is -2.44. The van der Waals surface area contributed by atoms with Gasteiger partial charge < -0.3 is 4.90 Å². The van der Waals surface area contributed by atoms with Crippen LogP contribution in [0.2, 0.25) is 5.02 Å². The van der Waals surface area contributed by atoms with Gasteiger partial charge in [0.05, 0.1) is 28.7 Å². The number of anilines is 1. The van der Waals surface area contributed by atoms with Crippen molar-refractivity contribution < 1.29 is 14.1 Å². The van der Waals surface area contributed by atoms with E-state index in [4.69, 9.17) is 11.6 Å². The zero-order chi connectivity index (χ0) is 24.5. The zero-order valence-corrected chi connectivity index (χ0v) is 19.8. The van der Waals surface area contributed by atoms with E-state index < -0.39 is 4.92 Å². The Kier molecular flexibility index (Phi) is 8.08. The van der Waals surface area contributed by atoms with Crippen LogP contribution in [0, 0.1) is 10.1 Å². The van der Waals surface area contributed by atoms with E-state index in [9.17, 15) is 10.1 Å². The highest BCUT2D eigenvalue weighted by Crippen LogP contribution is 2.30. The van der Waals surface area contributed by atoms with Crippen LogP contribution < -0.4 is 14.0 Å². The number of nitrogens with zero attached hydrogens (tertiary/aromatic N) is 6. The second-order valence-electron chi connectivity index (χ2n) is 7.82. The first-order valence-electron chi connectivity index (χ1n) is 11.2. The van der Waals surface area contributed by atoms with Crippen LogP contribution in [-0.4, -0.2) is 18.0 Å². The van der Waals surface area contributed by atoms with Gasteiger partial charge in [0, 0.05) is 42.1 Å². The van der Waals surface area contributed by atoms with Crippen LogP contribution in [0.3, 0.4) is 0 Å². The summed E-state index contributed by atoms with van der Waals surface area (Å²) in [5.41, 5.74) is 2.05. The van der Waals surface area contributed by atoms with Gasteiger partial charge in [-0.05, 0) is 30.3 Å². The Morgan fingerprint density at radius 1 is 0.800 bits per heavy atom. The molecule has 2 aromatic heterocycles. The van der Waals surface area contributed by atoms with Gasteiger partial charge in [-0.15, -0.1) is 5.11 Å². The number of benzene rings is 2. The summed E-state index contributed by atoms with van der Waals surface area (Å²) in [5.74, 6) is 0. The van der Waals surface area contributed by atoms with Crippen molar-refractivity contribution in [2.24, 2.45) is 10.2 Å². The Bertz CT molecular complexity index is 1240. The van der Waals surface area contributed by atoms with E-state index in [0.717, 1.165) is 31.9 Å². The van der Waals surface area contributed by atoms with Crippen molar-refractivity contribution in [3.05, 3.63) is 119 Å². The highest BCUT2D eigenvalue weighted by Gasteiger charge is 2.13. The molecular formula is C26H25ClN6O2+2. The molecular weight excluding hydrogens is 464 g/mol. The van der Waals surface area contributed by atoms with E-state index in [-0.39, 0.29) is 10.7 Å². The van der Waals surface area contributed by atoms with Crippen LogP contribution in [0.15, 0.2) is 114 Å². The quantitative estimate of drug-likeness (QED) is 0.129. The largest absolute Gasteiger partial charge is 0.359 e. The van der Waals surface area contributed by atoms with Crippen molar-refractivity contribution in [3.63, 3.8) is 0 Å². The fourth-order valence-corrected chi connectivity index (χ4v) is 3.75. The summed E-state index contributed by atoms with van der Waals surface area (Å²) in [6.45, 7) is 3.42. The van der Waals surface area contributed by atoms with E-state index in [1.54, 1.807) is 0 Å².